The molecule has 1 N–H and O–H groups in total. The molecule has 0 radical (unpaired) electrons. The third-order valence-electron chi connectivity index (χ3n) is 4.36. The molecule has 102 valence electrons. The van der Waals surface area contributed by atoms with E-state index in [-0.39, 0.29) is 0 Å². The van der Waals surface area contributed by atoms with Crippen LogP contribution in [0.4, 0.5) is 0 Å². The van der Waals surface area contributed by atoms with Gasteiger partial charge in [-0.3, -0.25) is 0 Å². The van der Waals surface area contributed by atoms with E-state index in [1.54, 1.807) is 0 Å². The fourth-order valence-corrected chi connectivity index (χ4v) is 4.09. The van der Waals surface area contributed by atoms with E-state index in [1.807, 2.05) is 11.3 Å². The minimum absolute atomic E-state index is 0.719. The molecular formula is C16H27NS. The van der Waals surface area contributed by atoms with Crippen molar-refractivity contribution in [2.75, 3.05) is 0 Å². The third-order valence-corrected chi connectivity index (χ3v) is 5.36. The van der Waals surface area contributed by atoms with Crippen LogP contribution in [-0.2, 0) is 6.54 Å². The monoisotopic (exact) mass is 265 g/mol. The Labute approximate surface area is 116 Å². The Kier molecular flexibility index (Phi) is 4.85. The Morgan fingerprint density at radius 1 is 1.33 bits per heavy atom. The van der Waals surface area contributed by atoms with Gasteiger partial charge < -0.3 is 5.32 Å². The molecule has 0 amide bonds. The zero-order valence-corrected chi connectivity index (χ0v) is 13.0. The highest BCUT2D eigenvalue weighted by Gasteiger charge is 2.30. The molecule has 0 aromatic carbocycles. The van der Waals surface area contributed by atoms with Gasteiger partial charge in [-0.1, -0.05) is 27.2 Å². The molecule has 2 heteroatoms. The van der Waals surface area contributed by atoms with Gasteiger partial charge in [0.05, 0.1) is 0 Å². The first kappa shape index (κ1) is 14.1. The maximum Gasteiger partial charge on any atom is 0.0302 e. The molecule has 18 heavy (non-hydrogen) atoms. The maximum absolute atomic E-state index is 3.82. The largest absolute Gasteiger partial charge is 0.309 e. The van der Waals surface area contributed by atoms with Crippen LogP contribution in [-0.4, -0.2) is 6.04 Å². The van der Waals surface area contributed by atoms with Crippen LogP contribution in [0.5, 0.6) is 0 Å². The normalized spacial score (nSPS) is 28.8. The number of hydrogen-bond acceptors (Lipinski definition) is 2. The zero-order valence-electron chi connectivity index (χ0n) is 12.2. The molecule has 1 fully saturated rings. The zero-order chi connectivity index (χ0) is 13.1. The Hall–Kier alpha value is -0.340. The van der Waals surface area contributed by atoms with Gasteiger partial charge in [0.2, 0.25) is 0 Å². The van der Waals surface area contributed by atoms with E-state index in [9.17, 15) is 0 Å². The van der Waals surface area contributed by atoms with Crippen molar-refractivity contribution in [1.82, 2.24) is 5.32 Å². The quantitative estimate of drug-likeness (QED) is 0.838. The molecule has 1 heterocycles. The molecule has 1 aromatic rings. The van der Waals surface area contributed by atoms with Gasteiger partial charge in [-0.2, -0.15) is 0 Å². The third kappa shape index (κ3) is 3.58. The Morgan fingerprint density at radius 3 is 2.72 bits per heavy atom. The molecule has 1 nitrogen and oxygen atoms in total. The van der Waals surface area contributed by atoms with Crippen molar-refractivity contribution in [2.45, 2.75) is 59.5 Å². The lowest BCUT2D eigenvalue weighted by atomic mass is 9.74. The SMILES string of the molecule is Cc1ccc(CNC2CC(C)CCC2C(C)C)s1. The molecule has 1 aromatic heterocycles. The standard InChI is InChI=1S/C16H27NS/c1-11(2)15-8-5-12(3)9-16(15)17-10-14-7-6-13(4)18-14/h6-7,11-12,15-17H,5,8-10H2,1-4H3. The lowest BCUT2D eigenvalue weighted by Crippen LogP contribution is -2.42. The molecule has 2 rings (SSSR count). The van der Waals surface area contributed by atoms with E-state index in [0.717, 1.165) is 30.3 Å². The van der Waals surface area contributed by atoms with Crippen LogP contribution in [0.3, 0.4) is 0 Å². The van der Waals surface area contributed by atoms with Crippen LogP contribution in [0, 0.1) is 24.7 Å². The highest BCUT2D eigenvalue weighted by atomic mass is 32.1. The van der Waals surface area contributed by atoms with Crippen molar-refractivity contribution in [3.05, 3.63) is 21.9 Å². The first-order valence-corrected chi connectivity index (χ1v) is 8.16. The van der Waals surface area contributed by atoms with Crippen LogP contribution in [0.15, 0.2) is 12.1 Å². The lowest BCUT2D eigenvalue weighted by molar-refractivity contribution is 0.169. The number of thiophene rings is 1. The van der Waals surface area contributed by atoms with Gasteiger partial charge in [0.25, 0.3) is 0 Å². The summed E-state index contributed by atoms with van der Waals surface area (Å²) < 4.78 is 0. The van der Waals surface area contributed by atoms with Crippen molar-refractivity contribution in [1.29, 1.82) is 0 Å². The van der Waals surface area contributed by atoms with Crippen LogP contribution >= 0.6 is 11.3 Å². The lowest BCUT2D eigenvalue weighted by Gasteiger charge is -2.38. The smallest absolute Gasteiger partial charge is 0.0302 e. The topological polar surface area (TPSA) is 12.0 Å². The summed E-state index contributed by atoms with van der Waals surface area (Å²) in [6, 6.07) is 5.21. The van der Waals surface area contributed by atoms with Crippen molar-refractivity contribution >= 4 is 11.3 Å². The number of aryl methyl sites for hydroxylation is 1. The van der Waals surface area contributed by atoms with Gasteiger partial charge in [0.15, 0.2) is 0 Å². The molecule has 1 aliphatic carbocycles. The van der Waals surface area contributed by atoms with Gasteiger partial charge in [-0.05, 0) is 49.7 Å². The molecule has 1 aliphatic rings. The number of rotatable bonds is 4. The van der Waals surface area contributed by atoms with Gasteiger partial charge in [0.1, 0.15) is 0 Å². The van der Waals surface area contributed by atoms with E-state index in [1.165, 1.54) is 29.0 Å². The van der Waals surface area contributed by atoms with Gasteiger partial charge in [-0.25, -0.2) is 0 Å². The summed E-state index contributed by atoms with van der Waals surface area (Å²) in [5.41, 5.74) is 0. The van der Waals surface area contributed by atoms with E-state index in [2.05, 4.69) is 45.1 Å². The van der Waals surface area contributed by atoms with E-state index in [0.29, 0.717) is 0 Å². The summed E-state index contributed by atoms with van der Waals surface area (Å²) in [6.07, 6.45) is 4.17. The minimum Gasteiger partial charge on any atom is -0.309 e. The summed E-state index contributed by atoms with van der Waals surface area (Å²) in [4.78, 5) is 2.90. The van der Waals surface area contributed by atoms with E-state index in [4.69, 9.17) is 0 Å². The second-order valence-electron chi connectivity index (χ2n) is 6.33. The molecule has 0 aliphatic heterocycles. The summed E-state index contributed by atoms with van der Waals surface area (Å²) in [7, 11) is 0. The second kappa shape index (κ2) is 6.21. The van der Waals surface area contributed by atoms with Crippen molar-refractivity contribution in [3.63, 3.8) is 0 Å². The van der Waals surface area contributed by atoms with E-state index >= 15 is 0 Å². The predicted molar refractivity (Wildman–Crippen MR) is 81.0 cm³/mol. The van der Waals surface area contributed by atoms with Gasteiger partial charge >= 0.3 is 0 Å². The highest BCUT2D eigenvalue weighted by molar-refractivity contribution is 7.11. The molecule has 0 saturated heterocycles. The number of nitrogens with one attached hydrogen (secondary N) is 1. The summed E-state index contributed by atoms with van der Waals surface area (Å²) in [5, 5.41) is 3.82. The van der Waals surface area contributed by atoms with Crippen LogP contribution in [0.2, 0.25) is 0 Å². The predicted octanol–water partition coefficient (Wildman–Crippen LogP) is 4.61. The van der Waals surface area contributed by atoms with Gasteiger partial charge in [-0.15, -0.1) is 11.3 Å². The average molecular weight is 265 g/mol. The molecule has 0 bridgehead atoms. The summed E-state index contributed by atoms with van der Waals surface area (Å²) in [5.74, 6) is 2.56. The van der Waals surface area contributed by atoms with Crippen molar-refractivity contribution in [3.8, 4) is 0 Å². The Bertz CT molecular complexity index is 369. The second-order valence-corrected chi connectivity index (χ2v) is 7.70. The van der Waals surface area contributed by atoms with Crippen LogP contribution < -0.4 is 5.32 Å². The van der Waals surface area contributed by atoms with Crippen LogP contribution in [0.1, 0.15) is 49.8 Å². The van der Waals surface area contributed by atoms with E-state index < -0.39 is 0 Å². The Balaban J connectivity index is 1.92. The Morgan fingerprint density at radius 2 is 2.11 bits per heavy atom. The molecule has 0 spiro atoms. The first-order valence-electron chi connectivity index (χ1n) is 7.35. The van der Waals surface area contributed by atoms with Gasteiger partial charge in [0, 0.05) is 22.3 Å². The summed E-state index contributed by atoms with van der Waals surface area (Å²) >= 11 is 1.92. The first-order chi connectivity index (χ1) is 8.56. The fraction of sp³-hybridized carbons (Fsp3) is 0.750. The molecule has 3 atom stereocenters. The van der Waals surface area contributed by atoms with Crippen molar-refractivity contribution < 1.29 is 0 Å². The minimum atomic E-state index is 0.719. The fourth-order valence-electron chi connectivity index (χ4n) is 3.25. The molecule has 3 unspecified atom stereocenters. The van der Waals surface area contributed by atoms with Crippen LogP contribution in [0.25, 0.3) is 0 Å². The molecular weight excluding hydrogens is 238 g/mol. The average Bonchev–Trinajstić information content (AvgIpc) is 2.72. The number of hydrogen-bond donors (Lipinski definition) is 1. The summed E-state index contributed by atoms with van der Waals surface area (Å²) in [6.45, 7) is 10.4. The highest BCUT2D eigenvalue weighted by Crippen LogP contribution is 2.33. The van der Waals surface area contributed by atoms with Crippen molar-refractivity contribution in [2.24, 2.45) is 17.8 Å². The maximum atomic E-state index is 3.82. The molecule has 1 saturated carbocycles.